The van der Waals surface area contributed by atoms with Crippen molar-refractivity contribution < 1.29 is 26.4 Å². The summed E-state index contributed by atoms with van der Waals surface area (Å²) in [4.78, 5) is 25.0. The largest absolute Gasteiger partial charge is 0.310 e. The van der Waals surface area contributed by atoms with Crippen molar-refractivity contribution in [2.45, 2.75) is 102 Å². The van der Waals surface area contributed by atoms with Crippen molar-refractivity contribution in [2.24, 2.45) is 14.1 Å². The van der Waals surface area contributed by atoms with Gasteiger partial charge in [-0.25, -0.2) is 16.8 Å². The van der Waals surface area contributed by atoms with Gasteiger partial charge in [-0.05, 0) is 55.4 Å². The van der Waals surface area contributed by atoms with Crippen LogP contribution in [-0.2, 0) is 48.8 Å². The van der Waals surface area contributed by atoms with Crippen LogP contribution in [0, 0.1) is 0 Å². The van der Waals surface area contributed by atoms with Gasteiger partial charge in [-0.3, -0.25) is 19.0 Å². The van der Waals surface area contributed by atoms with E-state index >= 15 is 0 Å². The lowest BCUT2D eigenvalue weighted by Gasteiger charge is -2.25. The lowest BCUT2D eigenvalue weighted by atomic mass is 9.92. The smallest absolute Gasteiger partial charge is 0.246 e. The maximum atomic E-state index is 12.6. The van der Waals surface area contributed by atoms with E-state index in [0.29, 0.717) is 17.3 Å². The number of carbonyl (C=O) groups is 2. The molecule has 2 amide bonds. The van der Waals surface area contributed by atoms with E-state index in [-0.39, 0.29) is 5.41 Å². The molecule has 2 heterocycles. The van der Waals surface area contributed by atoms with Crippen molar-refractivity contribution in [3.8, 4) is 11.3 Å². The summed E-state index contributed by atoms with van der Waals surface area (Å²) in [5.74, 6) is -0.184. The molecular weight excluding hydrogens is 629 g/mol. The molecule has 0 aliphatic rings. The van der Waals surface area contributed by atoms with Crippen LogP contribution < -0.4 is 10.6 Å². The molecule has 14 heteroatoms. The van der Waals surface area contributed by atoms with Crippen molar-refractivity contribution in [3.05, 3.63) is 48.2 Å². The molecule has 0 aliphatic carbocycles. The third-order valence-corrected chi connectivity index (χ3v) is 13.5. The molecule has 3 rings (SSSR count). The first kappa shape index (κ1) is 38.7. The number of rotatable bonds is 9. The molecule has 2 aromatic heterocycles. The number of nitrogens with zero attached hydrogens (tertiary/aromatic N) is 4. The number of hydrogen-bond acceptors (Lipinski definition) is 8. The minimum atomic E-state index is -3.60. The van der Waals surface area contributed by atoms with Crippen LogP contribution in [-0.4, -0.2) is 68.2 Å². The van der Waals surface area contributed by atoms with Crippen molar-refractivity contribution >= 4 is 43.1 Å². The number of carbonyl (C=O) groups excluding carboxylic acids is 2. The van der Waals surface area contributed by atoms with Crippen LogP contribution in [0.25, 0.3) is 11.3 Å². The molecule has 0 saturated heterocycles. The van der Waals surface area contributed by atoms with Crippen molar-refractivity contribution in [3.63, 3.8) is 0 Å². The molecule has 2 N–H and O–H groups in total. The van der Waals surface area contributed by atoms with Gasteiger partial charge in [-0.1, -0.05) is 51.1 Å². The molecule has 0 atom stereocenters. The van der Waals surface area contributed by atoms with Crippen LogP contribution in [0.4, 0.5) is 11.6 Å². The van der Waals surface area contributed by atoms with Gasteiger partial charge in [-0.15, -0.1) is 0 Å². The van der Waals surface area contributed by atoms with Gasteiger partial charge < -0.3 is 10.6 Å². The zero-order valence-electron chi connectivity index (χ0n) is 29.3. The lowest BCUT2D eigenvalue weighted by Crippen LogP contribution is -2.47. The standard InChI is InChI=1S/C17H23N3O3S.C15H27N3O3S/c1-12(2)24(22,23)17(3,4)16(21)18-15-11-14(19-20(15)5)13-9-7-6-8-10-13;1-10(2)22(20,21)15(6,7)13(19)16-12-9-11(14(3,4)5)17-18(12)8/h6-12H,1-5H3,(H,18,21);9-10H,1-8H3,(H,16,19). The van der Waals surface area contributed by atoms with E-state index < -0.39 is 51.5 Å². The van der Waals surface area contributed by atoms with Gasteiger partial charge in [0.2, 0.25) is 11.8 Å². The van der Waals surface area contributed by atoms with Gasteiger partial charge in [0.15, 0.2) is 19.7 Å². The number of hydrogen-bond donors (Lipinski definition) is 2. The van der Waals surface area contributed by atoms with Crippen molar-refractivity contribution in [1.82, 2.24) is 19.6 Å². The monoisotopic (exact) mass is 678 g/mol. The topological polar surface area (TPSA) is 162 Å². The van der Waals surface area contributed by atoms with E-state index in [9.17, 15) is 26.4 Å². The highest BCUT2D eigenvalue weighted by atomic mass is 32.2. The molecule has 46 heavy (non-hydrogen) atoms. The first-order chi connectivity index (χ1) is 20.8. The van der Waals surface area contributed by atoms with E-state index in [4.69, 9.17) is 0 Å². The lowest BCUT2D eigenvalue weighted by molar-refractivity contribution is -0.118. The minimum Gasteiger partial charge on any atom is -0.310 e. The quantitative estimate of drug-likeness (QED) is 0.324. The van der Waals surface area contributed by atoms with E-state index in [1.165, 1.54) is 32.4 Å². The maximum Gasteiger partial charge on any atom is 0.246 e. The maximum absolute atomic E-state index is 12.6. The third kappa shape index (κ3) is 8.06. The number of benzene rings is 1. The number of anilines is 2. The molecule has 0 saturated carbocycles. The van der Waals surface area contributed by atoms with Crippen molar-refractivity contribution in [2.75, 3.05) is 10.6 Å². The Morgan fingerprint density at radius 3 is 1.43 bits per heavy atom. The molecule has 0 bridgehead atoms. The second kappa shape index (κ2) is 13.7. The van der Waals surface area contributed by atoms with E-state index in [0.717, 1.165) is 11.3 Å². The Morgan fingerprint density at radius 1 is 0.674 bits per heavy atom. The molecule has 12 nitrogen and oxygen atoms in total. The van der Waals surface area contributed by atoms with Crippen molar-refractivity contribution in [1.29, 1.82) is 0 Å². The average molecular weight is 679 g/mol. The second-order valence-electron chi connectivity index (χ2n) is 13.8. The Kier molecular flexibility index (Phi) is 11.5. The van der Waals surface area contributed by atoms with Gasteiger partial charge in [-0.2, -0.15) is 10.2 Å². The number of aromatic nitrogens is 4. The normalized spacial score (nSPS) is 12.9. The fraction of sp³-hybridized carbons (Fsp3) is 0.562. The van der Waals surface area contributed by atoms with Crippen LogP contribution in [0.15, 0.2) is 42.5 Å². The molecule has 0 aliphatic heterocycles. The van der Waals surface area contributed by atoms with Crippen LogP contribution in [0.2, 0.25) is 0 Å². The van der Waals surface area contributed by atoms with Gasteiger partial charge in [0.1, 0.15) is 21.1 Å². The summed E-state index contributed by atoms with van der Waals surface area (Å²) in [5.41, 5.74) is 2.30. The highest BCUT2D eigenvalue weighted by molar-refractivity contribution is 7.94. The number of amides is 2. The summed E-state index contributed by atoms with van der Waals surface area (Å²) in [7, 11) is -3.75. The van der Waals surface area contributed by atoms with E-state index in [1.807, 2.05) is 51.1 Å². The summed E-state index contributed by atoms with van der Waals surface area (Å²) in [6, 6.07) is 13.1. The zero-order valence-corrected chi connectivity index (χ0v) is 30.9. The molecule has 0 fully saturated rings. The average Bonchev–Trinajstić information content (AvgIpc) is 3.50. The number of aryl methyl sites for hydroxylation is 2. The Labute approximate surface area is 274 Å². The van der Waals surface area contributed by atoms with Crippen LogP contribution >= 0.6 is 0 Å². The second-order valence-corrected chi connectivity index (χ2v) is 19.9. The fourth-order valence-corrected chi connectivity index (χ4v) is 7.23. The van der Waals surface area contributed by atoms with E-state index in [2.05, 4.69) is 20.8 Å². The summed E-state index contributed by atoms with van der Waals surface area (Å²) in [6.07, 6.45) is 0. The summed E-state index contributed by atoms with van der Waals surface area (Å²) in [5, 5.41) is 12.8. The predicted molar refractivity (Wildman–Crippen MR) is 184 cm³/mol. The summed E-state index contributed by atoms with van der Waals surface area (Å²) in [6.45, 7) is 18.1. The van der Waals surface area contributed by atoms with Crippen LogP contribution in [0.5, 0.6) is 0 Å². The van der Waals surface area contributed by atoms with Gasteiger partial charge >= 0.3 is 0 Å². The number of sulfone groups is 2. The molecule has 0 radical (unpaired) electrons. The molecule has 0 spiro atoms. The highest BCUT2D eigenvalue weighted by Gasteiger charge is 2.44. The fourth-order valence-electron chi connectivity index (χ4n) is 4.26. The Morgan fingerprint density at radius 2 is 1.07 bits per heavy atom. The first-order valence-corrected chi connectivity index (χ1v) is 18.1. The first-order valence-electron chi connectivity index (χ1n) is 15.0. The zero-order chi connectivity index (χ0) is 35.6. The minimum absolute atomic E-state index is 0.153. The molecule has 0 unspecified atom stereocenters. The Bertz CT molecular complexity index is 1760. The van der Waals surface area contributed by atoms with Crippen LogP contribution in [0.3, 0.4) is 0 Å². The number of nitrogens with one attached hydrogen (secondary N) is 2. The SMILES string of the molecule is CC(C)S(=O)(=O)C(C)(C)C(=O)Nc1cc(-c2ccccc2)nn1C.CC(C)S(=O)(=O)C(C)(C)C(=O)Nc1cc(C(C)(C)C)nn1C. The van der Waals surface area contributed by atoms with Gasteiger partial charge in [0.25, 0.3) is 0 Å². The van der Waals surface area contributed by atoms with E-state index in [1.54, 1.807) is 58.6 Å². The van der Waals surface area contributed by atoms with Crippen LogP contribution in [0.1, 0.15) is 81.9 Å². The summed E-state index contributed by atoms with van der Waals surface area (Å²) < 4.78 is 49.6. The molecular formula is C32H50N6O6S2. The highest BCUT2D eigenvalue weighted by Crippen LogP contribution is 2.28. The van der Waals surface area contributed by atoms with Gasteiger partial charge in [0.05, 0.1) is 21.9 Å². The summed E-state index contributed by atoms with van der Waals surface area (Å²) >= 11 is 0. The predicted octanol–water partition coefficient (Wildman–Crippen LogP) is 4.89. The van der Waals surface area contributed by atoms with Gasteiger partial charge in [0, 0.05) is 37.2 Å². The molecule has 256 valence electrons. The Balaban J connectivity index is 0.000000322. The third-order valence-electron chi connectivity index (χ3n) is 7.84. The molecule has 1 aromatic carbocycles. The Hall–Kier alpha value is -3.52. The molecule has 3 aromatic rings.